The molecule has 0 atom stereocenters. The Bertz CT molecular complexity index is 822. The Morgan fingerprint density at radius 3 is 2.00 bits per heavy atom. The van der Waals surface area contributed by atoms with E-state index in [1.54, 1.807) is 0 Å². The van der Waals surface area contributed by atoms with Crippen molar-refractivity contribution in [3.63, 3.8) is 0 Å². The van der Waals surface area contributed by atoms with Crippen molar-refractivity contribution in [2.75, 3.05) is 0 Å². The van der Waals surface area contributed by atoms with Crippen LogP contribution in [0.5, 0.6) is 0 Å². The highest BCUT2D eigenvalue weighted by Crippen LogP contribution is 2.29. The normalized spacial score (nSPS) is 11.2. The summed E-state index contributed by atoms with van der Waals surface area (Å²) in [5.41, 5.74) is 3.77. The van der Waals surface area contributed by atoms with E-state index in [2.05, 4.69) is 64.1 Å². The summed E-state index contributed by atoms with van der Waals surface area (Å²) in [7, 11) is 0. The zero-order chi connectivity index (χ0) is 13.4. The number of pyridine rings is 1. The number of hydrogen-bond donors (Lipinski definition) is 0. The van der Waals surface area contributed by atoms with E-state index in [9.17, 15) is 0 Å². The summed E-state index contributed by atoms with van der Waals surface area (Å²) in [5.74, 6) is 0. The van der Waals surface area contributed by atoms with Crippen LogP contribution >= 0.6 is 0 Å². The molecule has 0 aliphatic carbocycles. The van der Waals surface area contributed by atoms with Crippen molar-refractivity contribution < 1.29 is 0 Å². The van der Waals surface area contributed by atoms with Crippen LogP contribution in [0.1, 0.15) is 5.56 Å². The van der Waals surface area contributed by atoms with E-state index in [-0.39, 0.29) is 0 Å². The largest absolute Gasteiger partial charge is 0.336 e. The van der Waals surface area contributed by atoms with Crippen LogP contribution in [0.4, 0.5) is 0 Å². The monoisotopic (exact) mass is 258 g/mol. The number of benzene rings is 2. The molecule has 0 amide bonds. The predicted molar refractivity (Wildman–Crippen MR) is 82.8 cm³/mol. The number of para-hydroxylation sites is 2. The first-order valence-corrected chi connectivity index (χ1v) is 6.78. The van der Waals surface area contributed by atoms with Crippen LogP contribution in [0, 0.1) is 0 Å². The van der Waals surface area contributed by atoms with Crippen LogP contribution in [0.2, 0.25) is 0 Å². The van der Waals surface area contributed by atoms with Crippen molar-refractivity contribution in [2.24, 2.45) is 0 Å². The average Bonchev–Trinajstić information content (AvgIpc) is 2.84. The number of nitrogens with zero attached hydrogens (tertiary/aromatic N) is 2. The van der Waals surface area contributed by atoms with Gasteiger partial charge in [0.2, 0.25) is 0 Å². The summed E-state index contributed by atoms with van der Waals surface area (Å²) in [6.45, 7) is 0.849. The summed E-state index contributed by atoms with van der Waals surface area (Å²) in [6, 6.07) is 21.3. The van der Waals surface area contributed by atoms with Gasteiger partial charge in [0.05, 0.1) is 0 Å². The van der Waals surface area contributed by atoms with Crippen LogP contribution in [-0.4, -0.2) is 9.55 Å². The second-order valence-corrected chi connectivity index (χ2v) is 4.98. The summed E-state index contributed by atoms with van der Waals surface area (Å²) >= 11 is 0. The van der Waals surface area contributed by atoms with Crippen LogP contribution in [0.15, 0.2) is 73.1 Å². The molecular weight excluding hydrogens is 244 g/mol. The zero-order valence-electron chi connectivity index (χ0n) is 11.0. The molecule has 2 heteroatoms. The Morgan fingerprint density at radius 2 is 1.40 bits per heavy atom. The van der Waals surface area contributed by atoms with E-state index in [4.69, 9.17) is 0 Å². The molecule has 0 unspecified atom stereocenters. The lowest BCUT2D eigenvalue weighted by Crippen LogP contribution is -1.99. The molecule has 0 saturated carbocycles. The number of rotatable bonds is 2. The molecule has 2 heterocycles. The highest BCUT2D eigenvalue weighted by molar-refractivity contribution is 6.08. The van der Waals surface area contributed by atoms with Crippen molar-refractivity contribution >= 4 is 21.8 Å². The van der Waals surface area contributed by atoms with Gasteiger partial charge in [0.25, 0.3) is 0 Å². The van der Waals surface area contributed by atoms with Crippen molar-refractivity contribution in [3.05, 3.63) is 78.6 Å². The molecule has 0 aliphatic heterocycles. The molecule has 4 rings (SSSR count). The van der Waals surface area contributed by atoms with E-state index in [0.717, 1.165) is 6.54 Å². The summed E-state index contributed by atoms with van der Waals surface area (Å²) < 4.78 is 2.36. The molecule has 0 aliphatic rings. The summed E-state index contributed by atoms with van der Waals surface area (Å²) in [6.07, 6.45) is 3.75. The van der Waals surface area contributed by atoms with Crippen molar-refractivity contribution in [1.82, 2.24) is 9.55 Å². The highest BCUT2D eigenvalue weighted by Gasteiger charge is 2.09. The maximum Gasteiger partial charge on any atom is 0.0497 e. The fourth-order valence-electron chi connectivity index (χ4n) is 2.85. The third-order valence-electron chi connectivity index (χ3n) is 3.74. The van der Waals surface area contributed by atoms with Crippen LogP contribution in [0.3, 0.4) is 0 Å². The van der Waals surface area contributed by atoms with E-state index in [0.29, 0.717) is 0 Å². The van der Waals surface area contributed by atoms with Gasteiger partial charge in [-0.2, -0.15) is 0 Å². The molecule has 0 fully saturated rings. The van der Waals surface area contributed by atoms with E-state index >= 15 is 0 Å². The Balaban J connectivity index is 2.00. The van der Waals surface area contributed by atoms with Gasteiger partial charge in [0.15, 0.2) is 0 Å². The lowest BCUT2D eigenvalue weighted by molar-refractivity contribution is 0.862. The molecule has 0 N–H and O–H groups in total. The molecule has 0 bridgehead atoms. The minimum Gasteiger partial charge on any atom is -0.336 e. The molecule has 0 spiro atoms. The van der Waals surface area contributed by atoms with Gasteiger partial charge >= 0.3 is 0 Å². The Kier molecular flexibility index (Phi) is 2.52. The molecule has 2 nitrogen and oxygen atoms in total. The smallest absolute Gasteiger partial charge is 0.0497 e. The first kappa shape index (κ1) is 11.2. The Labute approximate surface area is 117 Å². The van der Waals surface area contributed by atoms with E-state index in [1.807, 2.05) is 18.5 Å². The van der Waals surface area contributed by atoms with Crippen LogP contribution < -0.4 is 0 Å². The third kappa shape index (κ3) is 1.69. The molecule has 0 radical (unpaired) electrons. The fraction of sp³-hybridized carbons (Fsp3) is 0.0556. The Hall–Kier alpha value is -2.61. The molecule has 2 aromatic carbocycles. The number of aromatic nitrogens is 2. The number of fused-ring (bicyclic) bond motifs is 3. The van der Waals surface area contributed by atoms with E-state index < -0.39 is 0 Å². The lowest BCUT2D eigenvalue weighted by atomic mass is 10.2. The van der Waals surface area contributed by atoms with Gasteiger partial charge in [-0.15, -0.1) is 0 Å². The second-order valence-electron chi connectivity index (χ2n) is 4.98. The van der Waals surface area contributed by atoms with Gasteiger partial charge in [-0.25, -0.2) is 0 Å². The standard InChI is InChI=1S/C18H14N2/c1-3-9-17-15(7-1)16-8-2-4-10-18(16)20(17)13-14-6-5-11-19-12-14/h1-12H,13H2. The maximum atomic E-state index is 4.21. The predicted octanol–water partition coefficient (Wildman–Crippen LogP) is 4.24. The third-order valence-corrected chi connectivity index (χ3v) is 3.74. The lowest BCUT2D eigenvalue weighted by Gasteiger charge is -2.07. The van der Waals surface area contributed by atoms with Crippen LogP contribution in [0.25, 0.3) is 21.8 Å². The van der Waals surface area contributed by atoms with Crippen molar-refractivity contribution in [2.45, 2.75) is 6.54 Å². The van der Waals surface area contributed by atoms with E-state index in [1.165, 1.54) is 27.4 Å². The minimum absolute atomic E-state index is 0.849. The molecule has 0 saturated heterocycles. The zero-order valence-corrected chi connectivity index (χ0v) is 11.0. The average molecular weight is 258 g/mol. The first-order valence-electron chi connectivity index (χ1n) is 6.78. The summed E-state index contributed by atoms with van der Waals surface area (Å²) in [5, 5.41) is 2.62. The topological polar surface area (TPSA) is 17.8 Å². The molecule has 4 aromatic rings. The Morgan fingerprint density at radius 1 is 0.750 bits per heavy atom. The van der Waals surface area contributed by atoms with Gasteiger partial charge in [0, 0.05) is 40.7 Å². The maximum absolute atomic E-state index is 4.21. The molecule has 20 heavy (non-hydrogen) atoms. The van der Waals surface area contributed by atoms with Gasteiger partial charge in [-0.05, 0) is 23.8 Å². The fourth-order valence-corrected chi connectivity index (χ4v) is 2.85. The summed E-state index contributed by atoms with van der Waals surface area (Å²) in [4.78, 5) is 4.21. The molecular formula is C18H14N2. The quantitative estimate of drug-likeness (QED) is 0.526. The van der Waals surface area contributed by atoms with Crippen molar-refractivity contribution in [1.29, 1.82) is 0 Å². The minimum atomic E-state index is 0.849. The number of hydrogen-bond acceptors (Lipinski definition) is 1. The van der Waals surface area contributed by atoms with Crippen molar-refractivity contribution in [3.8, 4) is 0 Å². The second kappa shape index (κ2) is 4.49. The van der Waals surface area contributed by atoms with Gasteiger partial charge in [-0.3, -0.25) is 4.98 Å². The van der Waals surface area contributed by atoms with Gasteiger partial charge < -0.3 is 4.57 Å². The van der Waals surface area contributed by atoms with Gasteiger partial charge in [0.1, 0.15) is 0 Å². The highest BCUT2D eigenvalue weighted by atomic mass is 15.0. The van der Waals surface area contributed by atoms with Crippen LogP contribution in [-0.2, 0) is 6.54 Å². The SMILES string of the molecule is c1cncc(Cn2c3ccccc3c3ccccc32)c1. The first-order chi connectivity index (χ1) is 9.93. The molecule has 96 valence electrons. The van der Waals surface area contributed by atoms with Gasteiger partial charge in [-0.1, -0.05) is 42.5 Å². The molecule has 2 aromatic heterocycles.